The number of hydrogen-bond donors (Lipinski definition) is 3. The summed E-state index contributed by atoms with van der Waals surface area (Å²) in [6, 6.07) is 1.85. The van der Waals surface area contributed by atoms with E-state index in [1.807, 2.05) is 33.0 Å². The van der Waals surface area contributed by atoms with Crippen LogP contribution in [0.3, 0.4) is 0 Å². The van der Waals surface area contributed by atoms with Crippen LogP contribution in [0.5, 0.6) is 0 Å². The molecule has 0 bridgehead atoms. The van der Waals surface area contributed by atoms with Gasteiger partial charge in [-0.1, -0.05) is 0 Å². The first kappa shape index (κ1) is 14.1. The van der Waals surface area contributed by atoms with E-state index in [4.69, 9.17) is 4.74 Å². The van der Waals surface area contributed by atoms with Crippen molar-refractivity contribution in [1.29, 1.82) is 0 Å². The molecule has 3 N–H and O–H groups in total. The van der Waals surface area contributed by atoms with E-state index in [9.17, 15) is 4.79 Å². The largest absolute Gasteiger partial charge is 0.444 e. The second-order valence-electron chi connectivity index (χ2n) is 5.94. The van der Waals surface area contributed by atoms with Gasteiger partial charge in [-0.25, -0.2) is 9.78 Å². The molecule has 3 aromatic rings. The summed E-state index contributed by atoms with van der Waals surface area (Å²) in [5.74, 6) is 0. The van der Waals surface area contributed by atoms with E-state index in [1.165, 1.54) is 0 Å². The topological polar surface area (TPSA) is 95.7 Å². The molecular formula is C15H17N5O2. The van der Waals surface area contributed by atoms with Gasteiger partial charge in [0.05, 0.1) is 18.1 Å². The van der Waals surface area contributed by atoms with Crippen molar-refractivity contribution in [2.75, 3.05) is 5.32 Å². The fraction of sp³-hybridized carbons (Fsp3) is 0.267. The van der Waals surface area contributed by atoms with Gasteiger partial charge in [0, 0.05) is 28.9 Å². The van der Waals surface area contributed by atoms with Gasteiger partial charge in [-0.15, -0.1) is 0 Å². The number of carbonyl (C=O) groups is 1. The molecule has 22 heavy (non-hydrogen) atoms. The first-order valence-corrected chi connectivity index (χ1v) is 6.89. The number of nitrogens with zero attached hydrogens (tertiary/aromatic N) is 2. The molecule has 7 nitrogen and oxygen atoms in total. The van der Waals surface area contributed by atoms with Crippen molar-refractivity contribution in [2.45, 2.75) is 26.4 Å². The number of aromatic amines is 2. The lowest BCUT2D eigenvalue weighted by Crippen LogP contribution is -2.27. The Morgan fingerprint density at radius 2 is 2.09 bits per heavy atom. The first-order chi connectivity index (χ1) is 10.4. The molecular weight excluding hydrogens is 282 g/mol. The number of ether oxygens (including phenoxy) is 1. The molecule has 7 heteroatoms. The number of aromatic nitrogens is 4. The van der Waals surface area contributed by atoms with Gasteiger partial charge < -0.3 is 9.72 Å². The Kier molecular flexibility index (Phi) is 3.32. The van der Waals surface area contributed by atoms with Crippen LogP contribution in [0.4, 0.5) is 10.5 Å². The molecule has 0 aliphatic heterocycles. The lowest BCUT2D eigenvalue weighted by molar-refractivity contribution is 0.0636. The van der Waals surface area contributed by atoms with Gasteiger partial charge in [0.15, 0.2) is 0 Å². The Labute approximate surface area is 127 Å². The predicted octanol–water partition coefficient (Wildman–Crippen LogP) is 3.30. The highest BCUT2D eigenvalue weighted by Gasteiger charge is 2.17. The standard InChI is InChI=1S/C15H17N5O2/c1-15(2,3)22-14(21)20-10-4-11-12(9-5-18-19-6-9)8-17-13(11)16-7-10/h4-8H,1-3H3,(H,16,17)(H,18,19)(H,20,21). The molecule has 0 radical (unpaired) electrons. The molecule has 0 aromatic carbocycles. The Morgan fingerprint density at radius 3 is 2.77 bits per heavy atom. The minimum Gasteiger partial charge on any atom is -0.444 e. The van der Waals surface area contributed by atoms with E-state index in [1.54, 1.807) is 18.6 Å². The molecule has 0 unspecified atom stereocenters. The quantitative estimate of drug-likeness (QED) is 0.676. The van der Waals surface area contributed by atoms with Crippen LogP contribution in [0.1, 0.15) is 20.8 Å². The van der Waals surface area contributed by atoms with E-state index in [-0.39, 0.29) is 0 Å². The SMILES string of the molecule is CC(C)(C)OC(=O)Nc1cnc2[nH]cc(-c3cn[nH]c3)c2c1. The van der Waals surface area contributed by atoms with E-state index in [2.05, 4.69) is 25.5 Å². The smallest absolute Gasteiger partial charge is 0.412 e. The third-order valence-electron chi connectivity index (χ3n) is 2.99. The van der Waals surface area contributed by atoms with Crippen LogP contribution in [-0.2, 0) is 4.74 Å². The number of H-pyrrole nitrogens is 2. The van der Waals surface area contributed by atoms with Crippen molar-refractivity contribution in [2.24, 2.45) is 0 Å². The third kappa shape index (κ3) is 2.93. The van der Waals surface area contributed by atoms with E-state index in [0.717, 1.165) is 22.2 Å². The minimum absolute atomic E-state index is 0.506. The van der Waals surface area contributed by atoms with Crippen LogP contribution in [0, 0.1) is 0 Å². The van der Waals surface area contributed by atoms with Crippen molar-refractivity contribution in [3.8, 4) is 11.1 Å². The summed E-state index contributed by atoms with van der Waals surface area (Å²) in [5, 5.41) is 10.3. The maximum absolute atomic E-state index is 11.8. The zero-order valence-corrected chi connectivity index (χ0v) is 12.6. The minimum atomic E-state index is -0.544. The Balaban J connectivity index is 1.89. The van der Waals surface area contributed by atoms with Gasteiger partial charge in [0.1, 0.15) is 11.2 Å². The fourth-order valence-electron chi connectivity index (χ4n) is 2.13. The highest BCUT2D eigenvalue weighted by atomic mass is 16.6. The Bertz CT molecular complexity index is 799. The van der Waals surface area contributed by atoms with Gasteiger partial charge in [0.2, 0.25) is 0 Å². The summed E-state index contributed by atoms with van der Waals surface area (Å²) in [5.41, 5.74) is 2.68. The number of fused-ring (bicyclic) bond motifs is 1. The lowest BCUT2D eigenvalue weighted by Gasteiger charge is -2.19. The molecule has 0 saturated carbocycles. The number of carbonyl (C=O) groups excluding carboxylic acids is 1. The number of rotatable bonds is 2. The van der Waals surface area contributed by atoms with Crippen LogP contribution in [0.25, 0.3) is 22.2 Å². The molecule has 3 heterocycles. The van der Waals surface area contributed by atoms with Crippen molar-refractivity contribution in [1.82, 2.24) is 20.2 Å². The average molecular weight is 299 g/mol. The van der Waals surface area contributed by atoms with Gasteiger partial charge >= 0.3 is 6.09 Å². The molecule has 0 aliphatic carbocycles. The highest BCUT2D eigenvalue weighted by Crippen LogP contribution is 2.28. The maximum Gasteiger partial charge on any atom is 0.412 e. The number of hydrogen-bond acceptors (Lipinski definition) is 4. The number of pyridine rings is 1. The number of anilines is 1. The molecule has 0 fully saturated rings. The zero-order chi connectivity index (χ0) is 15.7. The molecule has 1 amide bonds. The Morgan fingerprint density at radius 1 is 1.27 bits per heavy atom. The number of nitrogens with one attached hydrogen (secondary N) is 3. The van der Waals surface area contributed by atoms with Gasteiger partial charge in [-0.2, -0.15) is 5.10 Å². The average Bonchev–Trinajstić information content (AvgIpc) is 3.03. The first-order valence-electron chi connectivity index (χ1n) is 6.89. The van der Waals surface area contributed by atoms with Crippen molar-refractivity contribution in [3.63, 3.8) is 0 Å². The van der Waals surface area contributed by atoms with Crippen molar-refractivity contribution >= 4 is 22.8 Å². The van der Waals surface area contributed by atoms with Gasteiger partial charge in [-0.05, 0) is 26.8 Å². The monoisotopic (exact) mass is 299 g/mol. The van der Waals surface area contributed by atoms with Crippen molar-refractivity contribution < 1.29 is 9.53 Å². The molecule has 114 valence electrons. The molecule has 0 saturated heterocycles. The molecule has 0 atom stereocenters. The Hall–Kier alpha value is -2.83. The van der Waals surface area contributed by atoms with E-state index < -0.39 is 11.7 Å². The van der Waals surface area contributed by atoms with Crippen LogP contribution in [0.15, 0.2) is 30.9 Å². The summed E-state index contributed by atoms with van der Waals surface area (Å²) >= 11 is 0. The van der Waals surface area contributed by atoms with Crippen LogP contribution < -0.4 is 5.32 Å². The summed E-state index contributed by atoms with van der Waals surface area (Å²) in [4.78, 5) is 19.2. The van der Waals surface area contributed by atoms with Crippen molar-refractivity contribution in [3.05, 3.63) is 30.9 Å². The normalized spacial score (nSPS) is 11.6. The summed E-state index contributed by atoms with van der Waals surface area (Å²) in [6.07, 6.45) is 6.48. The summed E-state index contributed by atoms with van der Waals surface area (Å²) in [7, 11) is 0. The van der Waals surface area contributed by atoms with Gasteiger partial charge in [-0.3, -0.25) is 10.4 Å². The van der Waals surface area contributed by atoms with E-state index >= 15 is 0 Å². The molecule has 3 aromatic heterocycles. The van der Waals surface area contributed by atoms with Crippen LogP contribution in [-0.4, -0.2) is 31.9 Å². The van der Waals surface area contributed by atoms with Gasteiger partial charge in [0.25, 0.3) is 0 Å². The van der Waals surface area contributed by atoms with Crippen LogP contribution in [0.2, 0.25) is 0 Å². The lowest BCUT2D eigenvalue weighted by atomic mass is 10.1. The van der Waals surface area contributed by atoms with Crippen LogP contribution >= 0.6 is 0 Å². The third-order valence-corrected chi connectivity index (χ3v) is 2.99. The highest BCUT2D eigenvalue weighted by molar-refractivity contribution is 5.96. The predicted molar refractivity (Wildman–Crippen MR) is 83.5 cm³/mol. The molecule has 0 aliphatic rings. The zero-order valence-electron chi connectivity index (χ0n) is 12.6. The number of amides is 1. The second kappa shape index (κ2) is 5.18. The molecule has 3 rings (SSSR count). The van der Waals surface area contributed by atoms with E-state index in [0.29, 0.717) is 5.69 Å². The fourth-order valence-corrected chi connectivity index (χ4v) is 2.13. The maximum atomic E-state index is 11.8. The molecule has 0 spiro atoms. The second-order valence-corrected chi connectivity index (χ2v) is 5.94. The summed E-state index contributed by atoms with van der Waals surface area (Å²) in [6.45, 7) is 5.45. The summed E-state index contributed by atoms with van der Waals surface area (Å²) < 4.78 is 5.24.